The number of nitrogens with zero attached hydrogens (tertiary/aromatic N) is 3. The van der Waals surface area contributed by atoms with Crippen molar-refractivity contribution in [2.24, 2.45) is 0 Å². The Morgan fingerprint density at radius 3 is 2.35 bits per heavy atom. The molecule has 2 rings (SSSR count). The highest BCUT2D eigenvalue weighted by Crippen LogP contribution is 2.31. The number of hydrogen-bond donors (Lipinski definition) is 0. The van der Waals surface area contributed by atoms with Gasteiger partial charge in [-0.25, -0.2) is 9.97 Å². The van der Waals surface area contributed by atoms with E-state index >= 15 is 0 Å². The smallest absolute Gasteiger partial charge is 0.133 e. The molecular formula is C18H31N3OS. The van der Waals surface area contributed by atoms with E-state index < -0.39 is 10.8 Å². The third-order valence-corrected chi connectivity index (χ3v) is 7.20. The average molecular weight is 338 g/mol. The van der Waals surface area contributed by atoms with Gasteiger partial charge in [-0.2, -0.15) is 0 Å². The number of rotatable bonds is 5. The molecule has 130 valence electrons. The zero-order valence-electron chi connectivity index (χ0n) is 15.4. The predicted molar refractivity (Wildman–Crippen MR) is 98.7 cm³/mol. The van der Waals surface area contributed by atoms with E-state index in [1.807, 2.05) is 0 Å². The molecule has 0 aromatic carbocycles. The first kappa shape index (κ1) is 18.4. The van der Waals surface area contributed by atoms with Crippen molar-refractivity contribution in [2.45, 2.75) is 71.0 Å². The highest BCUT2D eigenvalue weighted by atomic mass is 32.2. The van der Waals surface area contributed by atoms with Crippen LogP contribution >= 0.6 is 0 Å². The van der Waals surface area contributed by atoms with Crippen LogP contribution in [0.4, 0.5) is 5.82 Å². The van der Waals surface area contributed by atoms with E-state index in [1.54, 1.807) is 0 Å². The standard InChI is InChI=1S/C18H31N3OS/c1-7-18(8-2)12-21(9-10-23(18)22)16-11-15(13(3)4)19-17(20-16)14(5)6/h11,13-14H,7-10,12H2,1-6H3. The summed E-state index contributed by atoms with van der Waals surface area (Å²) in [6.45, 7) is 14.6. The second-order valence-electron chi connectivity index (χ2n) is 7.18. The van der Waals surface area contributed by atoms with E-state index in [1.165, 1.54) is 0 Å². The molecular weight excluding hydrogens is 306 g/mol. The van der Waals surface area contributed by atoms with Gasteiger partial charge in [0.05, 0.1) is 4.75 Å². The van der Waals surface area contributed by atoms with Crippen molar-refractivity contribution in [3.8, 4) is 0 Å². The van der Waals surface area contributed by atoms with E-state index in [0.717, 1.165) is 49.0 Å². The Bertz CT molecular complexity index is 541. The Morgan fingerprint density at radius 1 is 1.17 bits per heavy atom. The van der Waals surface area contributed by atoms with Gasteiger partial charge < -0.3 is 4.90 Å². The fourth-order valence-electron chi connectivity index (χ4n) is 3.09. The minimum Gasteiger partial charge on any atom is -0.354 e. The molecule has 0 spiro atoms. The van der Waals surface area contributed by atoms with Crippen molar-refractivity contribution < 1.29 is 4.21 Å². The highest BCUT2D eigenvalue weighted by Gasteiger charge is 2.39. The van der Waals surface area contributed by atoms with E-state index in [2.05, 4.69) is 52.5 Å². The van der Waals surface area contributed by atoms with Gasteiger partial charge in [0.25, 0.3) is 0 Å². The van der Waals surface area contributed by atoms with E-state index in [-0.39, 0.29) is 4.75 Å². The normalized spacial score (nSPS) is 21.2. The lowest BCUT2D eigenvalue weighted by Gasteiger charge is -2.41. The monoisotopic (exact) mass is 337 g/mol. The van der Waals surface area contributed by atoms with Crippen LogP contribution in [0.2, 0.25) is 0 Å². The molecule has 1 unspecified atom stereocenters. The van der Waals surface area contributed by atoms with Crippen LogP contribution in [0.5, 0.6) is 0 Å². The molecule has 5 heteroatoms. The van der Waals surface area contributed by atoms with Gasteiger partial charge in [0.2, 0.25) is 0 Å². The molecule has 1 atom stereocenters. The molecule has 0 aliphatic carbocycles. The zero-order valence-corrected chi connectivity index (χ0v) is 16.2. The molecule has 1 aromatic heterocycles. The van der Waals surface area contributed by atoms with Crippen molar-refractivity contribution in [1.82, 2.24) is 9.97 Å². The molecule has 1 aliphatic rings. The van der Waals surface area contributed by atoms with E-state index in [9.17, 15) is 4.21 Å². The predicted octanol–water partition coefficient (Wildman–Crippen LogP) is 3.85. The molecule has 1 saturated heterocycles. The minimum absolute atomic E-state index is 0.0980. The van der Waals surface area contributed by atoms with Crippen LogP contribution in [0.3, 0.4) is 0 Å². The quantitative estimate of drug-likeness (QED) is 0.819. The van der Waals surface area contributed by atoms with Gasteiger partial charge in [-0.1, -0.05) is 41.5 Å². The maximum Gasteiger partial charge on any atom is 0.133 e. The first-order chi connectivity index (χ1) is 10.8. The molecule has 0 saturated carbocycles. The fraction of sp³-hybridized carbons (Fsp3) is 0.778. The molecule has 0 radical (unpaired) electrons. The Labute approximate surface area is 143 Å². The average Bonchev–Trinajstić information content (AvgIpc) is 2.55. The molecule has 1 fully saturated rings. The summed E-state index contributed by atoms with van der Waals surface area (Å²) in [4.78, 5) is 11.9. The van der Waals surface area contributed by atoms with Crippen LogP contribution in [0, 0.1) is 0 Å². The Morgan fingerprint density at radius 2 is 1.83 bits per heavy atom. The number of hydrogen-bond acceptors (Lipinski definition) is 4. The number of aromatic nitrogens is 2. The SMILES string of the molecule is CCC1(CC)CN(c2cc(C(C)C)nc(C(C)C)n2)CCS1=O. The molecule has 1 aromatic rings. The summed E-state index contributed by atoms with van der Waals surface area (Å²) in [6, 6.07) is 2.13. The van der Waals surface area contributed by atoms with Crippen molar-refractivity contribution in [1.29, 1.82) is 0 Å². The highest BCUT2D eigenvalue weighted by molar-refractivity contribution is 7.86. The largest absolute Gasteiger partial charge is 0.354 e. The third-order valence-electron chi connectivity index (χ3n) is 4.98. The summed E-state index contributed by atoms with van der Waals surface area (Å²) < 4.78 is 12.5. The van der Waals surface area contributed by atoms with Crippen LogP contribution in [0.1, 0.15) is 77.7 Å². The van der Waals surface area contributed by atoms with Gasteiger partial charge in [-0.15, -0.1) is 0 Å². The minimum atomic E-state index is -0.744. The molecule has 1 aliphatic heterocycles. The van der Waals surface area contributed by atoms with Gasteiger partial charge in [-0.05, 0) is 18.8 Å². The maximum atomic E-state index is 12.6. The van der Waals surface area contributed by atoms with Crippen LogP contribution in [-0.4, -0.2) is 37.8 Å². The molecule has 0 bridgehead atoms. The summed E-state index contributed by atoms with van der Waals surface area (Å²) >= 11 is 0. The lowest BCUT2D eigenvalue weighted by Crippen LogP contribution is -2.53. The lowest BCUT2D eigenvalue weighted by molar-refractivity contribution is 0.493. The van der Waals surface area contributed by atoms with Crippen molar-refractivity contribution in [2.75, 3.05) is 23.7 Å². The molecule has 0 amide bonds. The summed E-state index contributed by atoms with van der Waals surface area (Å²) in [5.74, 6) is 3.36. The Hall–Kier alpha value is -0.970. The molecule has 4 nitrogen and oxygen atoms in total. The number of anilines is 1. The molecule has 2 heterocycles. The first-order valence-electron chi connectivity index (χ1n) is 8.85. The van der Waals surface area contributed by atoms with Crippen LogP contribution < -0.4 is 4.90 Å². The zero-order chi connectivity index (χ0) is 17.2. The van der Waals surface area contributed by atoms with Gasteiger partial charge >= 0.3 is 0 Å². The maximum absolute atomic E-state index is 12.6. The van der Waals surface area contributed by atoms with E-state index in [0.29, 0.717) is 11.8 Å². The van der Waals surface area contributed by atoms with Gasteiger partial charge in [-0.3, -0.25) is 4.21 Å². The van der Waals surface area contributed by atoms with Crippen molar-refractivity contribution in [3.05, 3.63) is 17.6 Å². The van der Waals surface area contributed by atoms with Crippen LogP contribution in [-0.2, 0) is 10.8 Å². The third kappa shape index (κ3) is 3.76. The summed E-state index contributed by atoms with van der Waals surface area (Å²) in [6.07, 6.45) is 1.90. The Balaban J connectivity index is 2.39. The summed E-state index contributed by atoms with van der Waals surface area (Å²) in [5.41, 5.74) is 1.10. The van der Waals surface area contributed by atoms with Crippen LogP contribution in [0.15, 0.2) is 6.07 Å². The first-order valence-corrected chi connectivity index (χ1v) is 10.2. The van der Waals surface area contributed by atoms with Gasteiger partial charge in [0.15, 0.2) is 0 Å². The second-order valence-corrected chi connectivity index (χ2v) is 9.15. The van der Waals surface area contributed by atoms with Crippen molar-refractivity contribution >= 4 is 16.6 Å². The summed E-state index contributed by atoms with van der Waals surface area (Å²) in [7, 11) is -0.744. The summed E-state index contributed by atoms with van der Waals surface area (Å²) in [5, 5.41) is 0. The van der Waals surface area contributed by atoms with Gasteiger partial charge in [0.1, 0.15) is 11.6 Å². The topological polar surface area (TPSA) is 46.1 Å². The molecule has 23 heavy (non-hydrogen) atoms. The fourth-order valence-corrected chi connectivity index (χ4v) is 4.85. The van der Waals surface area contributed by atoms with Crippen LogP contribution in [0.25, 0.3) is 0 Å². The Kier molecular flexibility index (Phi) is 5.82. The van der Waals surface area contributed by atoms with E-state index in [4.69, 9.17) is 9.97 Å². The van der Waals surface area contributed by atoms with Crippen molar-refractivity contribution in [3.63, 3.8) is 0 Å². The van der Waals surface area contributed by atoms with Gasteiger partial charge in [0, 0.05) is 47.3 Å². The lowest BCUT2D eigenvalue weighted by atomic mass is 10.0. The second kappa shape index (κ2) is 7.29. The molecule has 0 N–H and O–H groups in total.